The van der Waals surface area contributed by atoms with E-state index < -0.39 is 10.0 Å². The maximum atomic E-state index is 12.4. The molecule has 7 nitrogen and oxygen atoms in total. The van der Waals surface area contributed by atoms with Gasteiger partial charge in [-0.05, 0) is 37.6 Å². The molecule has 0 unspecified atom stereocenters. The third kappa shape index (κ3) is 3.39. The quantitative estimate of drug-likeness (QED) is 0.739. The van der Waals surface area contributed by atoms with Crippen LogP contribution in [0.2, 0.25) is 0 Å². The molecule has 1 N–H and O–H groups in total. The highest BCUT2D eigenvalue weighted by molar-refractivity contribution is 7.89. The van der Waals surface area contributed by atoms with Gasteiger partial charge in [0.05, 0.1) is 11.4 Å². The molecule has 0 aliphatic carbocycles. The van der Waals surface area contributed by atoms with Gasteiger partial charge in [0.1, 0.15) is 4.90 Å². The van der Waals surface area contributed by atoms with Gasteiger partial charge in [0.25, 0.3) is 0 Å². The van der Waals surface area contributed by atoms with Crippen molar-refractivity contribution < 1.29 is 8.42 Å². The first kappa shape index (κ1) is 16.4. The highest BCUT2D eigenvalue weighted by Gasteiger charge is 2.19. The average molecular weight is 345 g/mol. The van der Waals surface area contributed by atoms with Crippen LogP contribution >= 0.6 is 0 Å². The summed E-state index contributed by atoms with van der Waals surface area (Å²) in [7, 11) is -3.58. The van der Waals surface area contributed by atoms with Crippen molar-refractivity contribution in [2.45, 2.75) is 31.8 Å². The number of rotatable bonds is 6. The number of sulfonamides is 1. The van der Waals surface area contributed by atoms with Gasteiger partial charge < -0.3 is 0 Å². The Kier molecular flexibility index (Phi) is 4.50. The van der Waals surface area contributed by atoms with E-state index in [1.807, 2.05) is 43.5 Å². The molecule has 3 rings (SSSR count). The second kappa shape index (κ2) is 6.58. The number of nitrogens with one attached hydrogen (secondary N) is 1. The molecule has 0 saturated heterocycles. The van der Waals surface area contributed by atoms with E-state index in [9.17, 15) is 8.42 Å². The van der Waals surface area contributed by atoms with Crippen LogP contribution in [0, 0.1) is 6.92 Å². The second-order valence-corrected chi connectivity index (χ2v) is 7.11. The molecule has 0 bridgehead atoms. The standard InChI is InChI=1S/C16H19N5O2S/c1-3-20-12-16(13(2)19-20)24(22,23)18-11-14-5-7-15(8-6-14)21-10-4-9-17-21/h4-10,12,18H,3,11H2,1-2H3. The number of nitrogens with zero attached hydrogens (tertiary/aromatic N) is 4. The predicted molar refractivity (Wildman–Crippen MR) is 90.2 cm³/mol. The van der Waals surface area contributed by atoms with E-state index in [0.29, 0.717) is 12.2 Å². The molecule has 0 saturated carbocycles. The zero-order valence-electron chi connectivity index (χ0n) is 13.5. The van der Waals surface area contributed by atoms with Gasteiger partial charge in [-0.1, -0.05) is 12.1 Å². The highest BCUT2D eigenvalue weighted by Crippen LogP contribution is 2.14. The zero-order valence-corrected chi connectivity index (χ0v) is 14.4. The Labute approximate surface area is 141 Å². The first-order valence-electron chi connectivity index (χ1n) is 7.62. The highest BCUT2D eigenvalue weighted by atomic mass is 32.2. The van der Waals surface area contributed by atoms with Crippen molar-refractivity contribution in [2.24, 2.45) is 0 Å². The lowest BCUT2D eigenvalue weighted by Crippen LogP contribution is -2.23. The lowest BCUT2D eigenvalue weighted by atomic mass is 10.2. The van der Waals surface area contributed by atoms with Crippen molar-refractivity contribution in [2.75, 3.05) is 0 Å². The molecule has 0 fully saturated rings. The number of benzene rings is 1. The Bertz CT molecular complexity index is 912. The molecule has 0 spiro atoms. The first-order valence-corrected chi connectivity index (χ1v) is 9.10. The Morgan fingerprint density at radius 1 is 1.21 bits per heavy atom. The molecule has 3 aromatic rings. The maximum Gasteiger partial charge on any atom is 0.244 e. The van der Waals surface area contributed by atoms with Gasteiger partial charge in [-0.2, -0.15) is 10.2 Å². The minimum atomic E-state index is -3.58. The van der Waals surface area contributed by atoms with Crippen molar-refractivity contribution in [3.8, 4) is 5.69 Å². The minimum absolute atomic E-state index is 0.220. The van der Waals surface area contributed by atoms with Crippen LogP contribution in [-0.2, 0) is 23.1 Å². The maximum absolute atomic E-state index is 12.4. The average Bonchev–Trinajstić information content (AvgIpc) is 3.23. The second-order valence-electron chi connectivity index (χ2n) is 5.38. The van der Waals surface area contributed by atoms with Crippen LogP contribution in [0.5, 0.6) is 0 Å². The van der Waals surface area contributed by atoms with Crippen LogP contribution < -0.4 is 4.72 Å². The monoisotopic (exact) mass is 345 g/mol. The molecule has 1 aromatic carbocycles. The van der Waals surface area contributed by atoms with Gasteiger partial charge in [-0.3, -0.25) is 4.68 Å². The van der Waals surface area contributed by atoms with Crippen LogP contribution in [0.4, 0.5) is 0 Å². The van der Waals surface area contributed by atoms with Crippen molar-refractivity contribution in [3.05, 3.63) is 60.2 Å². The van der Waals surface area contributed by atoms with Gasteiger partial charge in [-0.15, -0.1) is 0 Å². The molecule has 0 aliphatic heterocycles. The number of aryl methyl sites for hydroxylation is 2. The summed E-state index contributed by atoms with van der Waals surface area (Å²) in [5.41, 5.74) is 2.29. The number of aromatic nitrogens is 4. The van der Waals surface area contributed by atoms with Gasteiger partial charge >= 0.3 is 0 Å². The van der Waals surface area contributed by atoms with Crippen LogP contribution in [0.15, 0.2) is 53.8 Å². The first-order chi connectivity index (χ1) is 11.5. The van der Waals surface area contributed by atoms with Crippen molar-refractivity contribution in [3.63, 3.8) is 0 Å². The molecular formula is C16H19N5O2S. The third-order valence-corrected chi connectivity index (χ3v) is 5.19. The lowest BCUT2D eigenvalue weighted by molar-refractivity contribution is 0.580. The van der Waals surface area contributed by atoms with E-state index in [-0.39, 0.29) is 11.4 Å². The Morgan fingerprint density at radius 3 is 2.54 bits per heavy atom. The van der Waals surface area contributed by atoms with Gasteiger partial charge in [0, 0.05) is 31.7 Å². The SMILES string of the molecule is CCn1cc(S(=O)(=O)NCc2ccc(-n3cccn3)cc2)c(C)n1. The Morgan fingerprint density at radius 2 is 1.96 bits per heavy atom. The fraction of sp³-hybridized carbons (Fsp3) is 0.250. The molecule has 126 valence electrons. The van der Waals surface area contributed by atoms with E-state index in [1.54, 1.807) is 28.7 Å². The summed E-state index contributed by atoms with van der Waals surface area (Å²) in [6, 6.07) is 9.40. The van der Waals surface area contributed by atoms with E-state index in [2.05, 4.69) is 14.9 Å². The fourth-order valence-electron chi connectivity index (χ4n) is 2.37. The Hall–Kier alpha value is -2.45. The molecule has 2 aromatic heterocycles. The van der Waals surface area contributed by atoms with Gasteiger partial charge in [-0.25, -0.2) is 17.8 Å². The fourth-order valence-corrected chi connectivity index (χ4v) is 3.57. The largest absolute Gasteiger partial charge is 0.271 e. The summed E-state index contributed by atoms with van der Waals surface area (Å²) >= 11 is 0. The smallest absolute Gasteiger partial charge is 0.244 e. The minimum Gasteiger partial charge on any atom is -0.271 e. The molecule has 0 amide bonds. The Balaban J connectivity index is 1.71. The summed E-state index contributed by atoms with van der Waals surface area (Å²) in [6.45, 7) is 4.46. The molecule has 2 heterocycles. The number of hydrogen-bond acceptors (Lipinski definition) is 4. The van der Waals surface area contributed by atoms with E-state index in [0.717, 1.165) is 11.3 Å². The van der Waals surface area contributed by atoms with E-state index >= 15 is 0 Å². The van der Waals surface area contributed by atoms with Gasteiger partial charge in [0.15, 0.2) is 0 Å². The number of hydrogen-bond donors (Lipinski definition) is 1. The molecule has 0 aliphatic rings. The topological polar surface area (TPSA) is 81.8 Å². The molecular weight excluding hydrogens is 326 g/mol. The van der Waals surface area contributed by atoms with Gasteiger partial charge in [0.2, 0.25) is 10.0 Å². The molecule has 8 heteroatoms. The lowest BCUT2D eigenvalue weighted by Gasteiger charge is -2.07. The van der Waals surface area contributed by atoms with Crippen molar-refractivity contribution >= 4 is 10.0 Å². The summed E-state index contributed by atoms with van der Waals surface area (Å²) in [5, 5.41) is 8.34. The van der Waals surface area contributed by atoms with E-state index in [1.165, 1.54) is 0 Å². The zero-order chi connectivity index (χ0) is 17.2. The van der Waals surface area contributed by atoms with Crippen LogP contribution in [0.3, 0.4) is 0 Å². The summed E-state index contributed by atoms with van der Waals surface area (Å²) in [5.74, 6) is 0. The van der Waals surface area contributed by atoms with Crippen LogP contribution in [-0.4, -0.2) is 28.0 Å². The predicted octanol–water partition coefficient (Wildman–Crippen LogP) is 1.88. The van der Waals surface area contributed by atoms with Crippen LogP contribution in [0.25, 0.3) is 5.69 Å². The molecule has 0 atom stereocenters. The summed E-state index contributed by atoms with van der Waals surface area (Å²) in [4.78, 5) is 0.220. The van der Waals surface area contributed by atoms with E-state index in [4.69, 9.17) is 0 Å². The van der Waals surface area contributed by atoms with Crippen LogP contribution in [0.1, 0.15) is 18.2 Å². The summed E-state index contributed by atoms with van der Waals surface area (Å²) in [6.07, 6.45) is 5.12. The molecule has 0 radical (unpaired) electrons. The summed E-state index contributed by atoms with van der Waals surface area (Å²) < 4.78 is 30.8. The van der Waals surface area contributed by atoms with Crippen molar-refractivity contribution in [1.29, 1.82) is 0 Å². The molecule has 24 heavy (non-hydrogen) atoms. The van der Waals surface area contributed by atoms with Crippen molar-refractivity contribution in [1.82, 2.24) is 24.3 Å². The third-order valence-electron chi connectivity index (χ3n) is 3.69. The normalized spacial score (nSPS) is 11.8.